The molecule has 0 saturated carbocycles. The highest BCUT2D eigenvalue weighted by Crippen LogP contribution is 2.26. The van der Waals surface area contributed by atoms with Crippen molar-refractivity contribution in [2.75, 3.05) is 11.9 Å². The molecule has 1 aromatic carbocycles. The van der Waals surface area contributed by atoms with Crippen molar-refractivity contribution in [2.45, 2.75) is 6.42 Å². The summed E-state index contributed by atoms with van der Waals surface area (Å²) in [5, 5.41) is 13.5. The van der Waals surface area contributed by atoms with E-state index in [2.05, 4.69) is 5.32 Å². The van der Waals surface area contributed by atoms with E-state index >= 15 is 0 Å². The number of nitro groups is 1. The Morgan fingerprint density at radius 3 is 2.81 bits per heavy atom. The topological polar surface area (TPSA) is 98.3 Å². The lowest BCUT2D eigenvalue weighted by Crippen LogP contribution is -2.16. The van der Waals surface area contributed by atoms with E-state index in [1.165, 1.54) is 6.07 Å². The van der Waals surface area contributed by atoms with Gasteiger partial charge in [-0.3, -0.25) is 14.9 Å². The molecule has 0 saturated heterocycles. The minimum absolute atomic E-state index is 0.00336. The Hall–Kier alpha value is -1.38. The first-order chi connectivity index (χ1) is 7.50. The maximum atomic E-state index is 10.7. The molecule has 0 atom stereocenters. The molecule has 0 unspecified atom stereocenters. The van der Waals surface area contributed by atoms with Gasteiger partial charge in [0.1, 0.15) is 5.69 Å². The van der Waals surface area contributed by atoms with Crippen LogP contribution >= 0.6 is 22.6 Å². The number of carbonyl (C=O) groups is 1. The molecule has 0 radical (unpaired) electrons. The van der Waals surface area contributed by atoms with E-state index in [1.807, 2.05) is 22.6 Å². The molecule has 0 heterocycles. The van der Waals surface area contributed by atoms with Crippen LogP contribution in [-0.4, -0.2) is 17.4 Å². The number of carbonyl (C=O) groups excluding carboxylic acids is 1. The van der Waals surface area contributed by atoms with Gasteiger partial charge in [-0.05, 0) is 34.7 Å². The molecule has 0 fully saturated rings. The predicted octanol–water partition coefficient (Wildman–Crippen LogP) is 1.49. The Labute approximate surface area is 105 Å². The predicted molar refractivity (Wildman–Crippen MR) is 68.1 cm³/mol. The molecule has 0 aliphatic rings. The molecule has 7 heteroatoms. The van der Waals surface area contributed by atoms with Gasteiger partial charge in [-0.15, -0.1) is 0 Å². The molecule has 1 rings (SSSR count). The maximum Gasteiger partial charge on any atom is 0.293 e. The van der Waals surface area contributed by atoms with E-state index in [0.29, 0.717) is 5.69 Å². The smallest absolute Gasteiger partial charge is 0.293 e. The van der Waals surface area contributed by atoms with Gasteiger partial charge in [-0.1, -0.05) is 0 Å². The second kappa shape index (κ2) is 5.64. The van der Waals surface area contributed by atoms with Gasteiger partial charge in [-0.2, -0.15) is 0 Å². The molecule has 16 heavy (non-hydrogen) atoms. The zero-order chi connectivity index (χ0) is 12.1. The normalized spacial score (nSPS) is 9.81. The molecule has 1 amide bonds. The van der Waals surface area contributed by atoms with Gasteiger partial charge in [0.2, 0.25) is 5.91 Å². The van der Waals surface area contributed by atoms with Crippen molar-refractivity contribution in [3.05, 3.63) is 31.9 Å². The first-order valence-electron chi connectivity index (χ1n) is 4.47. The van der Waals surface area contributed by atoms with Crippen molar-refractivity contribution in [2.24, 2.45) is 5.73 Å². The van der Waals surface area contributed by atoms with Gasteiger partial charge in [0.05, 0.1) is 4.92 Å². The third-order valence-corrected chi connectivity index (χ3v) is 2.51. The Morgan fingerprint density at radius 2 is 2.25 bits per heavy atom. The quantitative estimate of drug-likeness (QED) is 0.484. The Morgan fingerprint density at radius 1 is 1.56 bits per heavy atom. The third-order valence-electron chi connectivity index (χ3n) is 1.84. The Bertz CT molecular complexity index is 422. The van der Waals surface area contributed by atoms with E-state index in [1.54, 1.807) is 12.1 Å². The zero-order valence-corrected chi connectivity index (χ0v) is 10.4. The molecule has 0 aliphatic carbocycles. The summed E-state index contributed by atoms with van der Waals surface area (Å²) >= 11 is 2.00. The van der Waals surface area contributed by atoms with Gasteiger partial charge in [-0.25, -0.2) is 0 Å². The van der Waals surface area contributed by atoms with Crippen molar-refractivity contribution in [1.29, 1.82) is 0 Å². The van der Waals surface area contributed by atoms with Crippen LogP contribution in [0.4, 0.5) is 11.4 Å². The van der Waals surface area contributed by atoms with E-state index in [9.17, 15) is 14.9 Å². The van der Waals surface area contributed by atoms with Crippen LogP contribution in [0.5, 0.6) is 0 Å². The van der Waals surface area contributed by atoms with Crippen molar-refractivity contribution in [3.8, 4) is 0 Å². The van der Waals surface area contributed by atoms with E-state index in [-0.39, 0.29) is 18.7 Å². The number of nitro benzene ring substituents is 1. The minimum atomic E-state index is -0.464. The monoisotopic (exact) mass is 335 g/mol. The highest BCUT2D eigenvalue weighted by molar-refractivity contribution is 14.1. The van der Waals surface area contributed by atoms with Crippen LogP contribution in [0.15, 0.2) is 18.2 Å². The van der Waals surface area contributed by atoms with Gasteiger partial charge in [0.25, 0.3) is 5.69 Å². The van der Waals surface area contributed by atoms with Crippen LogP contribution in [0.1, 0.15) is 6.42 Å². The van der Waals surface area contributed by atoms with Gasteiger partial charge in [0, 0.05) is 22.6 Å². The number of benzene rings is 1. The van der Waals surface area contributed by atoms with Gasteiger partial charge < -0.3 is 11.1 Å². The van der Waals surface area contributed by atoms with Crippen LogP contribution in [-0.2, 0) is 4.79 Å². The third kappa shape index (κ3) is 3.65. The standard InChI is InChI=1S/C9H10IN3O3/c10-6-1-2-7(8(5-6)13(15)16)12-4-3-9(11)14/h1-2,5,12H,3-4H2,(H2,11,14). The van der Waals surface area contributed by atoms with Crippen molar-refractivity contribution >= 4 is 39.9 Å². The number of nitrogens with zero attached hydrogens (tertiary/aromatic N) is 1. The first-order valence-corrected chi connectivity index (χ1v) is 5.54. The summed E-state index contributed by atoms with van der Waals surface area (Å²) in [7, 11) is 0. The summed E-state index contributed by atoms with van der Waals surface area (Å²) in [5.74, 6) is -0.444. The van der Waals surface area contributed by atoms with Crippen LogP contribution in [0, 0.1) is 13.7 Å². The average Bonchev–Trinajstić information content (AvgIpc) is 2.19. The number of amides is 1. The summed E-state index contributed by atoms with van der Waals surface area (Å²) in [4.78, 5) is 20.8. The van der Waals surface area contributed by atoms with Crippen molar-refractivity contribution in [3.63, 3.8) is 0 Å². The number of anilines is 1. The molecule has 0 bridgehead atoms. The highest BCUT2D eigenvalue weighted by atomic mass is 127. The SMILES string of the molecule is NC(=O)CCNc1ccc(I)cc1[N+](=O)[O-]. The summed E-state index contributed by atoms with van der Waals surface area (Å²) < 4.78 is 0.782. The second-order valence-corrected chi connectivity index (χ2v) is 4.31. The fourth-order valence-corrected chi connectivity index (χ4v) is 1.60. The molecule has 3 N–H and O–H groups in total. The van der Waals surface area contributed by atoms with Crippen LogP contribution in [0.3, 0.4) is 0 Å². The summed E-state index contributed by atoms with van der Waals surface area (Å²) in [6.45, 7) is 0.288. The number of rotatable bonds is 5. The molecule has 0 aliphatic heterocycles. The lowest BCUT2D eigenvalue weighted by molar-refractivity contribution is -0.384. The molecule has 0 aromatic heterocycles. The van der Waals surface area contributed by atoms with Crippen LogP contribution in [0.2, 0.25) is 0 Å². The largest absolute Gasteiger partial charge is 0.379 e. The molecule has 86 valence electrons. The average molecular weight is 335 g/mol. The van der Waals surface area contributed by atoms with Gasteiger partial charge >= 0.3 is 0 Å². The second-order valence-electron chi connectivity index (χ2n) is 3.06. The van der Waals surface area contributed by atoms with Crippen LogP contribution in [0.25, 0.3) is 0 Å². The van der Waals surface area contributed by atoms with E-state index < -0.39 is 10.8 Å². The Kier molecular flexibility index (Phi) is 4.47. The molecule has 6 nitrogen and oxygen atoms in total. The molecule has 1 aromatic rings. The Balaban J connectivity index is 2.78. The number of nitrogens with two attached hydrogens (primary N) is 1. The summed E-state index contributed by atoms with van der Waals surface area (Å²) in [6, 6.07) is 4.83. The van der Waals surface area contributed by atoms with Gasteiger partial charge in [0.15, 0.2) is 0 Å². The lowest BCUT2D eigenvalue weighted by Gasteiger charge is -2.05. The van der Waals surface area contributed by atoms with E-state index in [4.69, 9.17) is 5.73 Å². The first kappa shape index (κ1) is 12.7. The lowest BCUT2D eigenvalue weighted by atomic mass is 10.2. The number of primary amides is 1. The number of halogens is 1. The number of hydrogen-bond acceptors (Lipinski definition) is 4. The number of hydrogen-bond donors (Lipinski definition) is 2. The molecule has 0 spiro atoms. The fraction of sp³-hybridized carbons (Fsp3) is 0.222. The fourth-order valence-electron chi connectivity index (χ4n) is 1.13. The van der Waals surface area contributed by atoms with Crippen molar-refractivity contribution < 1.29 is 9.72 Å². The van der Waals surface area contributed by atoms with Crippen molar-refractivity contribution in [1.82, 2.24) is 0 Å². The molecular formula is C9H10IN3O3. The molecular weight excluding hydrogens is 325 g/mol. The maximum absolute atomic E-state index is 10.7. The van der Waals surface area contributed by atoms with Crippen LogP contribution < -0.4 is 11.1 Å². The summed E-state index contributed by atoms with van der Waals surface area (Å²) in [5.41, 5.74) is 5.36. The highest BCUT2D eigenvalue weighted by Gasteiger charge is 2.13. The number of nitrogens with one attached hydrogen (secondary N) is 1. The summed E-state index contributed by atoms with van der Waals surface area (Å²) in [6.07, 6.45) is 0.142. The zero-order valence-electron chi connectivity index (χ0n) is 8.27. The van der Waals surface area contributed by atoms with E-state index in [0.717, 1.165) is 3.57 Å². The minimum Gasteiger partial charge on any atom is -0.379 e.